The molecule has 3 rings (SSSR count). The third-order valence-corrected chi connectivity index (χ3v) is 5.63. The maximum atomic E-state index is 6.13. The molecule has 0 spiro atoms. The van der Waals surface area contributed by atoms with Gasteiger partial charge in [-0.25, -0.2) is 0 Å². The van der Waals surface area contributed by atoms with Crippen LogP contribution in [0.1, 0.15) is 126 Å². The molecule has 1 aromatic carbocycles. The van der Waals surface area contributed by atoms with E-state index >= 15 is 0 Å². The predicted molar refractivity (Wildman–Crippen MR) is 200 cm³/mol. The number of fused-ring (bicyclic) bond motifs is 3. The highest BCUT2D eigenvalue weighted by Crippen LogP contribution is 2.16. The molecule has 1 aliphatic rings. The van der Waals surface area contributed by atoms with Crippen molar-refractivity contribution in [1.82, 2.24) is 4.57 Å². The van der Waals surface area contributed by atoms with E-state index in [9.17, 15) is 0 Å². The highest BCUT2D eigenvalue weighted by molar-refractivity contribution is 6.03. The lowest BCUT2D eigenvalue weighted by molar-refractivity contribution is 0.741. The Morgan fingerprint density at radius 1 is 0.881 bits per heavy atom. The second kappa shape index (κ2) is 34.1. The molecule has 240 valence electrons. The third-order valence-electron chi connectivity index (χ3n) is 5.63. The van der Waals surface area contributed by atoms with Crippen LogP contribution in [-0.4, -0.2) is 16.8 Å². The van der Waals surface area contributed by atoms with E-state index in [0.29, 0.717) is 0 Å². The van der Waals surface area contributed by atoms with Crippen LogP contribution in [0.3, 0.4) is 0 Å². The van der Waals surface area contributed by atoms with Gasteiger partial charge in [0.05, 0.1) is 0 Å². The van der Waals surface area contributed by atoms with Gasteiger partial charge < -0.3 is 10.3 Å². The molecule has 0 radical (unpaired) electrons. The van der Waals surface area contributed by atoms with Crippen LogP contribution in [0.15, 0.2) is 73.4 Å². The zero-order valence-electron chi connectivity index (χ0n) is 29.8. The fourth-order valence-electron chi connectivity index (χ4n) is 3.65. The summed E-state index contributed by atoms with van der Waals surface area (Å²) in [5.74, 6) is 0. The first kappa shape index (κ1) is 45.9. The average Bonchev–Trinajstić information content (AvgIpc) is 3.16. The quantitative estimate of drug-likeness (QED) is 0.144. The van der Waals surface area contributed by atoms with Gasteiger partial charge >= 0.3 is 0 Å². The summed E-state index contributed by atoms with van der Waals surface area (Å²) < 4.78 is 2.27. The molecular weight excluding hydrogens is 510 g/mol. The van der Waals surface area contributed by atoms with Gasteiger partial charge in [0.25, 0.3) is 0 Å². The largest absolute Gasteiger partial charge is 0.399 e. The van der Waals surface area contributed by atoms with Crippen LogP contribution < -0.4 is 16.3 Å². The van der Waals surface area contributed by atoms with E-state index in [-0.39, 0.29) is 0 Å². The minimum absolute atomic E-state index is 0.835. The Labute approximate surface area is 262 Å². The molecule has 0 bridgehead atoms. The molecule has 2 aromatic rings. The topological polar surface area (TPSA) is 43.3 Å². The van der Waals surface area contributed by atoms with E-state index in [0.717, 1.165) is 25.1 Å². The monoisotopic (exact) mass is 580 g/mol. The van der Waals surface area contributed by atoms with Gasteiger partial charge in [-0.2, -0.15) is 0 Å². The van der Waals surface area contributed by atoms with Crippen molar-refractivity contribution in [1.29, 1.82) is 0 Å². The summed E-state index contributed by atoms with van der Waals surface area (Å²) in [5, 5.41) is 3.75. The molecule has 0 atom stereocenters. The first-order chi connectivity index (χ1) is 20.4. The molecule has 0 saturated carbocycles. The fraction of sp³-hybridized carbons (Fsp3) is 0.513. The normalized spacial score (nSPS) is 10.6. The van der Waals surface area contributed by atoms with Crippen LogP contribution in [0, 0.1) is 0 Å². The Hall–Kier alpha value is -3.07. The van der Waals surface area contributed by atoms with Gasteiger partial charge in [-0.1, -0.05) is 138 Å². The minimum Gasteiger partial charge on any atom is -0.399 e. The average molecular weight is 580 g/mol. The van der Waals surface area contributed by atoms with Crippen LogP contribution >= 0.6 is 0 Å². The van der Waals surface area contributed by atoms with Crippen LogP contribution in [0.4, 0.5) is 0 Å². The Morgan fingerprint density at radius 2 is 1.43 bits per heavy atom. The summed E-state index contributed by atoms with van der Waals surface area (Å²) in [6, 6.07) is 6.75. The first-order valence-corrected chi connectivity index (χ1v) is 16.4. The molecule has 3 heteroatoms. The maximum absolute atomic E-state index is 6.13. The lowest BCUT2D eigenvalue weighted by Gasteiger charge is -2.07. The van der Waals surface area contributed by atoms with Gasteiger partial charge in [0.1, 0.15) is 0 Å². The molecule has 2 N–H and O–H groups in total. The fourth-order valence-corrected chi connectivity index (χ4v) is 3.65. The number of hydrogen-bond donors (Lipinski definition) is 1. The van der Waals surface area contributed by atoms with Gasteiger partial charge in [-0.05, 0) is 50.0 Å². The van der Waals surface area contributed by atoms with E-state index in [1.54, 1.807) is 12.2 Å². The highest BCUT2D eigenvalue weighted by atomic mass is 14.9. The molecule has 0 amide bonds. The summed E-state index contributed by atoms with van der Waals surface area (Å²) in [5.41, 5.74) is 10.7. The van der Waals surface area contributed by atoms with E-state index in [1.165, 1.54) is 71.3 Å². The van der Waals surface area contributed by atoms with Crippen molar-refractivity contribution in [2.45, 2.75) is 121 Å². The van der Waals surface area contributed by atoms with Gasteiger partial charge in [-0.15, -0.1) is 13.2 Å². The van der Waals surface area contributed by atoms with Crippen molar-refractivity contribution in [3.8, 4) is 0 Å². The van der Waals surface area contributed by atoms with Crippen LogP contribution in [0.25, 0.3) is 23.1 Å². The Morgan fingerprint density at radius 3 is 1.88 bits per heavy atom. The number of aromatic nitrogens is 1. The third kappa shape index (κ3) is 19.1. The number of benzene rings is 1. The summed E-state index contributed by atoms with van der Waals surface area (Å²) >= 11 is 0. The highest BCUT2D eigenvalue weighted by Gasteiger charge is 2.10. The molecular formula is C39H69N3. The van der Waals surface area contributed by atoms with Gasteiger partial charge in [0.15, 0.2) is 0 Å². The van der Waals surface area contributed by atoms with Crippen molar-refractivity contribution >= 4 is 28.8 Å². The van der Waals surface area contributed by atoms with Crippen molar-refractivity contribution in [3.05, 3.63) is 84.6 Å². The lowest BCUT2D eigenvalue weighted by Crippen LogP contribution is -2.27. The van der Waals surface area contributed by atoms with Crippen molar-refractivity contribution < 1.29 is 0 Å². The lowest BCUT2D eigenvalue weighted by atomic mass is 10.0. The summed E-state index contributed by atoms with van der Waals surface area (Å²) in [6.07, 6.45) is 19.2. The smallest absolute Gasteiger partial charge is 0.0489 e. The van der Waals surface area contributed by atoms with Gasteiger partial charge in [-0.3, -0.25) is 4.99 Å². The standard InChI is InChI=1S/C22H29N3.C4H10.C4H6.C3H8.2C2H6.C2H4/c1-4-6-7-10-20(24-5-2)16-12-13-22-18(14-16)19-15-17(23)9-8-11-21(19)25(22)3;2*1-3-4-2;1-3-2;3*1-2/h9,11-15H,4-8,10,23H2,1-3H3;3-4H2,1-2H3;3-4H,1-2H2;3H2,1-2H3;2*1-2H3;1-2H2. The second-order valence-electron chi connectivity index (χ2n) is 8.93. The number of rotatable bonds is 8. The predicted octanol–water partition coefficient (Wildman–Crippen LogP) is 10.8. The SMILES string of the molecule is C=C.C=CC=C.CC.CC.CCC.CCCC.CCCCCC(=NCC)c1ccc2c(c1)c1c(n2C)=CCC=C(N)C=1. The first-order valence-electron chi connectivity index (χ1n) is 16.4. The van der Waals surface area contributed by atoms with Crippen molar-refractivity contribution in [3.63, 3.8) is 0 Å². The zero-order chi connectivity index (χ0) is 33.3. The number of unbranched alkanes of at least 4 members (excludes halogenated alkanes) is 3. The molecule has 0 fully saturated rings. The van der Waals surface area contributed by atoms with Crippen molar-refractivity contribution in [2.24, 2.45) is 17.8 Å². The molecule has 3 nitrogen and oxygen atoms in total. The number of nitrogens with zero attached hydrogens (tertiary/aromatic N) is 2. The van der Waals surface area contributed by atoms with Crippen molar-refractivity contribution in [2.75, 3.05) is 6.54 Å². The molecule has 0 aliphatic heterocycles. The van der Waals surface area contributed by atoms with E-state index in [4.69, 9.17) is 10.7 Å². The maximum Gasteiger partial charge on any atom is 0.0489 e. The number of nitrogens with two attached hydrogens (primary N) is 1. The molecule has 1 aliphatic carbocycles. The molecule has 1 aromatic heterocycles. The van der Waals surface area contributed by atoms with Crippen LogP contribution in [0.2, 0.25) is 0 Å². The van der Waals surface area contributed by atoms with Gasteiger partial charge in [0.2, 0.25) is 0 Å². The van der Waals surface area contributed by atoms with E-state index < -0.39 is 0 Å². The Kier molecular flexibility index (Phi) is 37.3. The van der Waals surface area contributed by atoms with Crippen LogP contribution in [0.5, 0.6) is 0 Å². The number of aliphatic imine (C=N–C) groups is 1. The Bertz CT molecular complexity index is 1090. The summed E-state index contributed by atoms with van der Waals surface area (Å²) in [6.45, 7) is 34.5. The molecule has 1 heterocycles. The van der Waals surface area contributed by atoms with Crippen LogP contribution in [-0.2, 0) is 7.05 Å². The zero-order valence-corrected chi connectivity index (χ0v) is 29.8. The minimum atomic E-state index is 0.835. The number of aryl methyl sites for hydroxylation is 1. The number of allylic oxidation sites excluding steroid dienone is 4. The molecule has 0 saturated heterocycles. The number of hydrogen-bond acceptors (Lipinski definition) is 2. The Balaban J connectivity index is -0.000000356. The summed E-state index contributed by atoms with van der Waals surface area (Å²) in [7, 11) is 2.13. The summed E-state index contributed by atoms with van der Waals surface area (Å²) in [4.78, 5) is 4.78. The van der Waals surface area contributed by atoms with E-state index in [1.807, 2.05) is 27.7 Å². The molecule has 0 unspecified atom stereocenters. The molecule has 42 heavy (non-hydrogen) atoms. The second-order valence-corrected chi connectivity index (χ2v) is 8.93. The van der Waals surface area contributed by atoms with E-state index in [2.05, 4.69) is 116 Å². The van der Waals surface area contributed by atoms with Gasteiger partial charge in [0, 0.05) is 46.5 Å².